The highest BCUT2D eigenvalue weighted by molar-refractivity contribution is 5.77. The Morgan fingerprint density at radius 1 is 1.00 bits per heavy atom. The molecule has 142 valence electrons. The van der Waals surface area contributed by atoms with Gasteiger partial charge in [-0.2, -0.15) is 0 Å². The first-order valence-electron chi connectivity index (χ1n) is 9.95. The van der Waals surface area contributed by atoms with Crippen LogP contribution in [0.15, 0.2) is 30.3 Å². The van der Waals surface area contributed by atoms with E-state index in [1.54, 1.807) is 0 Å². The number of allylic oxidation sites excluding steroid dienone is 2. The number of carbonyl (C=O) groups is 1. The van der Waals surface area contributed by atoms with Crippen molar-refractivity contribution in [3.8, 4) is 0 Å². The predicted octanol–water partition coefficient (Wildman–Crippen LogP) is 5.09. The van der Waals surface area contributed by atoms with Crippen LogP contribution in [0.25, 0.3) is 5.57 Å². The molecule has 3 rings (SSSR count). The molecule has 1 saturated heterocycles. The Morgan fingerprint density at radius 3 is 2.46 bits per heavy atom. The zero-order valence-electron chi connectivity index (χ0n) is 16.5. The summed E-state index contributed by atoms with van der Waals surface area (Å²) in [6, 6.07) is 8.74. The summed E-state index contributed by atoms with van der Waals surface area (Å²) in [6.07, 6.45) is 8.52. The predicted molar refractivity (Wildman–Crippen MR) is 108 cm³/mol. The van der Waals surface area contributed by atoms with E-state index < -0.39 is 5.60 Å². The molecule has 4 nitrogen and oxygen atoms in total. The Bertz CT molecular complexity index is 652. The van der Waals surface area contributed by atoms with E-state index in [1.807, 2.05) is 25.7 Å². The van der Waals surface area contributed by atoms with Crippen LogP contribution in [0.2, 0.25) is 0 Å². The largest absolute Gasteiger partial charge is 0.444 e. The lowest BCUT2D eigenvalue weighted by atomic mass is 9.98. The van der Waals surface area contributed by atoms with Gasteiger partial charge in [-0.15, -0.1) is 0 Å². The smallest absolute Gasteiger partial charge is 0.410 e. The van der Waals surface area contributed by atoms with Gasteiger partial charge in [-0.3, -0.25) is 0 Å². The molecule has 1 amide bonds. The molecule has 1 fully saturated rings. The van der Waals surface area contributed by atoms with Crippen LogP contribution in [0.5, 0.6) is 0 Å². The van der Waals surface area contributed by atoms with E-state index in [0.29, 0.717) is 13.1 Å². The fraction of sp³-hybridized carbons (Fsp3) is 0.591. The Hall–Kier alpha value is -1.97. The molecule has 4 heteroatoms. The average molecular weight is 357 g/mol. The Balaban J connectivity index is 1.68. The van der Waals surface area contributed by atoms with Gasteiger partial charge in [0, 0.05) is 37.4 Å². The lowest BCUT2D eigenvalue weighted by Crippen LogP contribution is -2.50. The summed E-state index contributed by atoms with van der Waals surface area (Å²) in [4.78, 5) is 16.5. The second-order valence-electron chi connectivity index (χ2n) is 8.30. The van der Waals surface area contributed by atoms with E-state index >= 15 is 0 Å². The maximum absolute atomic E-state index is 12.3. The average Bonchev–Trinajstić information content (AvgIpc) is 2.90. The van der Waals surface area contributed by atoms with Crippen molar-refractivity contribution < 1.29 is 9.53 Å². The highest BCUT2D eigenvalue weighted by Crippen LogP contribution is 2.33. The van der Waals surface area contributed by atoms with Gasteiger partial charge in [0.2, 0.25) is 0 Å². The molecule has 1 aromatic carbocycles. The van der Waals surface area contributed by atoms with Crippen LogP contribution in [0.3, 0.4) is 0 Å². The highest BCUT2D eigenvalue weighted by Gasteiger charge is 2.26. The van der Waals surface area contributed by atoms with Crippen LogP contribution in [-0.2, 0) is 4.74 Å². The van der Waals surface area contributed by atoms with Crippen LogP contribution in [0.4, 0.5) is 10.5 Å². The first-order chi connectivity index (χ1) is 12.4. The minimum Gasteiger partial charge on any atom is -0.444 e. The molecule has 0 unspecified atom stereocenters. The number of para-hydroxylation sites is 1. The molecule has 1 aliphatic carbocycles. The summed E-state index contributed by atoms with van der Waals surface area (Å²) in [5, 5.41) is 0. The van der Waals surface area contributed by atoms with E-state index in [1.165, 1.54) is 48.9 Å². The molecule has 26 heavy (non-hydrogen) atoms. The van der Waals surface area contributed by atoms with Crippen molar-refractivity contribution in [1.29, 1.82) is 0 Å². The first-order valence-corrected chi connectivity index (χ1v) is 9.95. The lowest BCUT2D eigenvalue weighted by Gasteiger charge is -2.37. The molecule has 0 aromatic heterocycles. The Labute approximate surface area is 157 Å². The number of benzene rings is 1. The molecule has 0 N–H and O–H groups in total. The molecule has 1 heterocycles. The van der Waals surface area contributed by atoms with Crippen molar-refractivity contribution in [2.75, 3.05) is 31.1 Å². The number of anilines is 1. The second kappa shape index (κ2) is 8.15. The topological polar surface area (TPSA) is 32.8 Å². The maximum Gasteiger partial charge on any atom is 0.410 e. The number of amides is 1. The van der Waals surface area contributed by atoms with Gasteiger partial charge in [0.25, 0.3) is 0 Å². The summed E-state index contributed by atoms with van der Waals surface area (Å²) in [5.74, 6) is 0. The van der Waals surface area contributed by atoms with Crippen molar-refractivity contribution in [3.63, 3.8) is 0 Å². The molecule has 2 aliphatic rings. The van der Waals surface area contributed by atoms with Gasteiger partial charge in [0.15, 0.2) is 0 Å². The fourth-order valence-electron chi connectivity index (χ4n) is 3.74. The SMILES string of the molecule is CC(C)(C)OC(=O)N1CCN(c2ccccc2C2=CCCCCC2)CC1. The monoisotopic (exact) mass is 356 g/mol. The van der Waals surface area contributed by atoms with E-state index in [-0.39, 0.29) is 6.09 Å². The Morgan fingerprint density at radius 2 is 1.73 bits per heavy atom. The van der Waals surface area contributed by atoms with E-state index in [2.05, 4.69) is 35.2 Å². The van der Waals surface area contributed by atoms with Crippen LogP contribution >= 0.6 is 0 Å². The molecule has 0 radical (unpaired) electrons. The molecule has 1 aromatic rings. The van der Waals surface area contributed by atoms with Crippen LogP contribution in [-0.4, -0.2) is 42.8 Å². The van der Waals surface area contributed by atoms with Crippen LogP contribution in [0, 0.1) is 0 Å². The normalized spacial score (nSPS) is 19.0. The maximum atomic E-state index is 12.3. The molecular weight excluding hydrogens is 324 g/mol. The summed E-state index contributed by atoms with van der Waals surface area (Å²) >= 11 is 0. The quantitative estimate of drug-likeness (QED) is 0.740. The summed E-state index contributed by atoms with van der Waals surface area (Å²) < 4.78 is 5.51. The minimum absolute atomic E-state index is 0.197. The molecule has 0 bridgehead atoms. The van der Waals surface area contributed by atoms with Crippen LogP contribution in [0.1, 0.15) is 58.4 Å². The van der Waals surface area contributed by atoms with Gasteiger partial charge in [0.05, 0.1) is 0 Å². The zero-order chi connectivity index (χ0) is 18.6. The Kier molecular flexibility index (Phi) is 5.90. The van der Waals surface area contributed by atoms with Gasteiger partial charge in [-0.05, 0) is 58.1 Å². The van der Waals surface area contributed by atoms with Crippen molar-refractivity contribution in [2.45, 2.75) is 58.5 Å². The number of hydrogen-bond acceptors (Lipinski definition) is 3. The zero-order valence-corrected chi connectivity index (χ0v) is 16.5. The molecule has 0 atom stereocenters. The third-order valence-electron chi connectivity index (χ3n) is 5.06. The summed E-state index contributed by atoms with van der Waals surface area (Å²) in [6.45, 7) is 8.87. The third kappa shape index (κ3) is 4.80. The summed E-state index contributed by atoms with van der Waals surface area (Å²) in [7, 11) is 0. The standard InChI is InChI=1S/C22H32N2O2/c1-22(2,3)26-21(25)24-16-14-23(15-17-24)20-13-9-8-12-19(20)18-10-6-4-5-7-11-18/h8-10,12-13H,4-7,11,14-17H2,1-3H3. The van der Waals surface area contributed by atoms with Gasteiger partial charge >= 0.3 is 6.09 Å². The number of carbonyl (C=O) groups excluding carboxylic acids is 1. The highest BCUT2D eigenvalue weighted by atomic mass is 16.6. The molecule has 0 saturated carbocycles. The molecule has 0 spiro atoms. The van der Waals surface area contributed by atoms with Gasteiger partial charge in [0.1, 0.15) is 5.60 Å². The second-order valence-corrected chi connectivity index (χ2v) is 8.30. The van der Waals surface area contributed by atoms with E-state index in [4.69, 9.17) is 4.74 Å². The fourth-order valence-corrected chi connectivity index (χ4v) is 3.74. The van der Waals surface area contributed by atoms with Crippen molar-refractivity contribution in [1.82, 2.24) is 4.90 Å². The number of ether oxygens (including phenoxy) is 1. The van der Waals surface area contributed by atoms with E-state index in [0.717, 1.165) is 13.1 Å². The lowest BCUT2D eigenvalue weighted by molar-refractivity contribution is 0.0240. The summed E-state index contributed by atoms with van der Waals surface area (Å²) in [5.41, 5.74) is 3.74. The van der Waals surface area contributed by atoms with Gasteiger partial charge < -0.3 is 14.5 Å². The first kappa shape index (κ1) is 18.8. The molecule has 1 aliphatic heterocycles. The van der Waals surface area contributed by atoms with Gasteiger partial charge in [-0.25, -0.2) is 4.79 Å². The van der Waals surface area contributed by atoms with Crippen molar-refractivity contribution in [3.05, 3.63) is 35.9 Å². The third-order valence-corrected chi connectivity index (χ3v) is 5.06. The van der Waals surface area contributed by atoms with E-state index in [9.17, 15) is 4.79 Å². The number of rotatable bonds is 2. The van der Waals surface area contributed by atoms with Crippen molar-refractivity contribution in [2.24, 2.45) is 0 Å². The number of hydrogen-bond donors (Lipinski definition) is 0. The molecular formula is C22H32N2O2. The van der Waals surface area contributed by atoms with Crippen LogP contribution < -0.4 is 4.90 Å². The number of nitrogens with zero attached hydrogens (tertiary/aromatic N) is 2. The van der Waals surface area contributed by atoms with Crippen molar-refractivity contribution >= 4 is 17.4 Å². The number of piperazine rings is 1. The van der Waals surface area contributed by atoms with Gasteiger partial charge in [-0.1, -0.05) is 30.7 Å². The minimum atomic E-state index is -0.438.